The van der Waals surface area contributed by atoms with Crippen LogP contribution in [0.4, 0.5) is 0 Å². The van der Waals surface area contributed by atoms with Gasteiger partial charge in [-0.25, -0.2) is 4.79 Å². The second kappa shape index (κ2) is 4.78. The number of benzene rings is 2. The van der Waals surface area contributed by atoms with Crippen molar-refractivity contribution in [2.24, 2.45) is 0 Å². The van der Waals surface area contributed by atoms with Gasteiger partial charge in [0, 0.05) is 23.1 Å². The molecule has 0 amide bonds. The Morgan fingerprint density at radius 1 is 0.900 bits per heavy atom. The van der Waals surface area contributed by atoms with Crippen molar-refractivity contribution in [2.75, 3.05) is 0 Å². The fourth-order valence-electron chi connectivity index (χ4n) is 2.55. The van der Waals surface area contributed by atoms with E-state index in [0.717, 1.165) is 5.56 Å². The van der Waals surface area contributed by atoms with Crippen molar-refractivity contribution in [2.45, 2.75) is 6.42 Å². The summed E-state index contributed by atoms with van der Waals surface area (Å²) in [5, 5.41) is 9.42. The average molecular weight is 264 g/mol. The van der Waals surface area contributed by atoms with Crippen LogP contribution in [-0.4, -0.2) is 16.9 Å². The molecule has 98 valence electrons. The number of hydrogen-bond donors (Lipinski definition) is 1. The van der Waals surface area contributed by atoms with E-state index in [-0.39, 0.29) is 11.4 Å². The minimum Gasteiger partial charge on any atom is -0.478 e. The fraction of sp³-hybridized carbons (Fsp3) is 0.0588. The largest absolute Gasteiger partial charge is 0.478 e. The Hall–Kier alpha value is -2.68. The number of carboxylic acid groups (broad SMARTS) is 1. The van der Waals surface area contributed by atoms with Crippen LogP contribution in [0.3, 0.4) is 0 Å². The zero-order valence-corrected chi connectivity index (χ0v) is 10.7. The molecule has 0 spiro atoms. The number of rotatable bonds is 3. The van der Waals surface area contributed by atoms with Crippen LogP contribution in [0.2, 0.25) is 0 Å². The first-order valence-electron chi connectivity index (χ1n) is 6.33. The fourth-order valence-corrected chi connectivity index (χ4v) is 2.55. The number of carbonyl (C=O) groups is 2. The summed E-state index contributed by atoms with van der Waals surface area (Å²) in [5.74, 6) is -1.23. The van der Waals surface area contributed by atoms with E-state index in [1.54, 1.807) is 24.3 Å². The molecule has 3 rings (SSSR count). The SMILES string of the molecule is O=C(O)C1=C(Cc2ccccc2)C(=O)c2ccccc21. The number of aliphatic carboxylic acids is 1. The standard InChI is InChI=1S/C17H12O3/c18-16-13-9-5-4-8-12(13)15(17(19)20)14(16)10-11-6-2-1-3-7-11/h1-9H,10H2,(H,19,20). The smallest absolute Gasteiger partial charge is 0.336 e. The molecule has 0 heterocycles. The van der Waals surface area contributed by atoms with Gasteiger partial charge < -0.3 is 5.11 Å². The molecule has 0 bridgehead atoms. The van der Waals surface area contributed by atoms with Gasteiger partial charge in [0.15, 0.2) is 5.78 Å². The van der Waals surface area contributed by atoms with E-state index in [1.807, 2.05) is 30.3 Å². The van der Waals surface area contributed by atoms with Gasteiger partial charge in [0.2, 0.25) is 0 Å². The summed E-state index contributed by atoms with van der Waals surface area (Å²) in [4.78, 5) is 23.9. The number of fused-ring (bicyclic) bond motifs is 1. The Labute approximate surface area is 116 Å². The van der Waals surface area contributed by atoms with Gasteiger partial charge in [0.1, 0.15) is 0 Å². The molecule has 0 saturated heterocycles. The summed E-state index contributed by atoms with van der Waals surface area (Å²) < 4.78 is 0. The zero-order chi connectivity index (χ0) is 14.1. The lowest BCUT2D eigenvalue weighted by Gasteiger charge is -2.03. The molecule has 1 aliphatic carbocycles. The molecule has 3 nitrogen and oxygen atoms in total. The average Bonchev–Trinajstić information content (AvgIpc) is 2.74. The van der Waals surface area contributed by atoms with Gasteiger partial charge in [-0.1, -0.05) is 54.6 Å². The Kier molecular flexibility index (Phi) is 2.95. The predicted molar refractivity (Wildman–Crippen MR) is 75.5 cm³/mol. The maximum absolute atomic E-state index is 12.4. The van der Waals surface area contributed by atoms with Gasteiger partial charge in [-0.3, -0.25) is 4.79 Å². The molecule has 2 aromatic carbocycles. The van der Waals surface area contributed by atoms with E-state index < -0.39 is 5.97 Å². The first kappa shape index (κ1) is 12.4. The maximum atomic E-state index is 12.4. The van der Waals surface area contributed by atoms with E-state index in [2.05, 4.69) is 0 Å². The van der Waals surface area contributed by atoms with E-state index in [0.29, 0.717) is 23.1 Å². The lowest BCUT2D eigenvalue weighted by molar-refractivity contribution is -0.130. The Morgan fingerprint density at radius 2 is 1.50 bits per heavy atom. The van der Waals surface area contributed by atoms with Gasteiger partial charge in [0.25, 0.3) is 0 Å². The van der Waals surface area contributed by atoms with Gasteiger partial charge in [-0.05, 0) is 5.56 Å². The van der Waals surface area contributed by atoms with Crippen molar-refractivity contribution in [1.82, 2.24) is 0 Å². The van der Waals surface area contributed by atoms with E-state index in [4.69, 9.17) is 0 Å². The number of carbonyl (C=O) groups excluding carboxylic acids is 1. The monoisotopic (exact) mass is 264 g/mol. The Morgan fingerprint density at radius 3 is 2.15 bits per heavy atom. The van der Waals surface area contributed by atoms with Gasteiger partial charge in [-0.2, -0.15) is 0 Å². The third kappa shape index (κ3) is 1.93. The molecule has 0 aliphatic heterocycles. The van der Waals surface area contributed by atoms with Crippen LogP contribution in [0.15, 0.2) is 60.2 Å². The molecule has 20 heavy (non-hydrogen) atoms. The van der Waals surface area contributed by atoms with Crippen molar-refractivity contribution < 1.29 is 14.7 Å². The third-order valence-electron chi connectivity index (χ3n) is 3.45. The Balaban J connectivity index is 2.11. The quantitative estimate of drug-likeness (QED) is 0.927. The number of ketones is 1. The number of carboxylic acids is 1. The first-order chi connectivity index (χ1) is 9.68. The molecule has 0 unspecified atom stereocenters. The highest BCUT2D eigenvalue weighted by atomic mass is 16.4. The lowest BCUT2D eigenvalue weighted by Crippen LogP contribution is -2.05. The minimum atomic E-state index is -1.05. The molecule has 0 saturated carbocycles. The molecule has 0 fully saturated rings. The second-order valence-electron chi connectivity index (χ2n) is 4.70. The van der Waals surface area contributed by atoms with Crippen LogP contribution in [0, 0.1) is 0 Å². The summed E-state index contributed by atoms with van der Waals surface area (Å²) in [6.45, 7) is 0. The van der Waals surface area contributed by atoms with E-state index >= 15 is 0 Å². The van der Waals surface area contributed by atoms with Crippen LogP contribution in [-0.2, 0) is 11.2 Å². The summed E-state index contributed by atoms with van der Waals surface area (Å²) >= 11 is 0. The second-order valence-corrected chi connectivity index (χ2v) is 4.70. The summed E-state index contributed by atoms with van der Waals surface area (Å²) in [6.07, 6.45) is 0.343. The highest BCUT2D eigenvalue weighted by Gasteiger charge is 2.32. The van der Waals surface area contributed by atoms with Crippen LogP contribution in [0.25, 0.3) is 5.57 Å². The minimum absolute atomic E-state index is 0.134. The first-order valence-corrected chi connectivity index (χ1v) is 6.33. The van der Waals surface area contributed by atoms with Crippen LogP contribution < -0.4 is 0 Å². The number of hydrogen-bond acceptors (Lipinski definition) is 2. The lowest BCUT2D eigenvalue weighted by atomic mass is 10.00. The van der Waals surface area contributed by atoms with Crippen molar-refractivity contribution >= 4 is 17.3 Å². The highest BCUT2D eigenvalue weighted by molar-refractivity contribution is 6.33. The molecular weight excluding hydrogens is 252 g/mol. The summed E-state index contributed by atoms with van der Waals surface area (Å²) in [5.41, 5.74) is 2.44. The van der Waals surface area contributed by atoms with Gasteiger partial charge in [-0.15, -0.1) is 0 Å². The number of Topliss-reactive ketones (excluding diaryl/α,β-unsaturated/α-hetero) is 1. The summed E-state index contributed by atoms with van der Waals surface area (Å²) in [7, 11) is 0. The molecule has 3 heteroatoms. The molecule has 1 N–H and O–H groups in total. The van der Waals surface area contributed by atoms with Crippen molar-refractivity contribution in [3.63, 3.8) is 0 Å². The topological polar surface area (TPSA) is 54.4 Å². The molecule has 1 aliphatic rings. The molecule has 0 aromatic heterocycles. The molecular formula is C17H12O3. The van der Waals surface area contributed by atoms with Crippen LogP contribution >= 0.6 is 0 Å². The van der Waals surface area contributed by atoms with Gasteiger partial charge in [0.05, 0.1) is 5.57 Å². The van der Waals surface area contributed by atoms with Crippen molar-refractivity contribution in [1.29, 1.82) is 0 Å². The van der Waals surface area contributed by atoms with Crippen molar-refractivity contribution in [3.05, 3.63) is 76.9 Å². The van der Waals surface area contributed by atoms with Gasteiger partial charge >= 0.3 is 5.97 Å². The number of allylic oxidation sites excluding steroid dienone is 1. The van der Waals surface area contributed by atoms with Crippen LogP contribution in [0.1, 0.15) is 21.5 Å². The molecule has 0 atom stereocenters. The van der Waals surface area contributed by atoms with E-state index in [9.17, 15) is 14.7 Å². The maximum Gasteiger partial charge on any atom is 0.336 e. The zero-order valence-electron chi connectivity index (χ0n) is 10.7. The van der Waals surface area contributed by atoms with Crippen LogP contribution in [0.5, 0.6) is 0 Å². The molecule has 2 aromatic rings. The Bertz CT molecular complexity index is 727. The normalized spacial score (nSPS) is 13.5. The van der Waals surface area contributed by atoms with Crippen molar-refractivity contribution in [3.8, 4) is 0 Å². The highest BCUT2D eigenvalue weighted by Crippen LogP contribution is 2.34. The molecule has 0 radical (unpaired) electrons. The van der Waals surface area contributed by atoms with E-state index in [1.165, 1.54) is 0 Å². The third-order valence-corrected chi connectivity index (χ3v) is 3.45. The predicted octanol–water partition coefficient (Wildman–Crippen LogP) is 2.96. The summed E-state index contributed by atoms with van der Waals surface area (Å²) in [6, 6.07) is 16.3.